The highest BCUT2D eigenvalue weighted by molar-refractivity contribution is 7.13. The summed E-state index contributed by atoms with van der Waals surface area (Å²) in [5.74, 6) is 0.453. The normalized spacial score (nSPS) is 16.0. The summed E-state index contributed by atoms with van der Waals surface area (Å²) in [5.41, 5.74) is 2.15. The van der Waals surface area contributed by atoms with Gasteiger partial charge in [0, 0.05) is 18.4 Å². The topological polar surface area (TPSA) is 67.8 Å². The van der Waals surface area contributed by atoms with Gasteiger partial charge in [-0.1, -0.05) is 19.3 Å². The summed E-state index contributed by atoms with van der Waals surface area (Å²) < 4.78 is 0. The molecule has 0 aliphatic heterocycles. The first kappa shape index (κ1) is 13.2. The van der Waals surface area contributed by atoms with Crippen LogP contribution in [0.25, 0.3) is 10.7 Å². The molecule has 0 saturated heterocycles. The monoisotopic (exact) mass is 288 g/mol. The van der Waals surface area contributed by atoms with Crippen molar-refractivity contribution in [3.8, 4) is 10.7 Å². The number of nitrogens with one attached hydrogen (secondary N) is 1. The Hall–Kier alpha value is -1.82. The lowest BCUT2D eigenvalue weighted by atomic mass is 9.95. The van der Waals surface area contributed by atoms with Crippen molar-refractivity contribution in [1.82, 2.24) is 20.3 Å². The maximum Gasteiger partial charge on any atom is 0.270 e. The number of carbonyl (C=O) groups excluding carboxylic acids is 1. The molecular weight excluding hydrogens is 272 g/mol. The molecular formula is C14H16N4OS. The third kappa shape index (κ3) is 3.01. The zero-order valence-corrected chi connectivity index (χ0v) is 11.9. The van der Waals surface area contributed by atoms with E-state index in [9.17, 15) is 4.79 Å². The molecule has 0 radical (unpaired) electrons. The first-order chi connectivity index (χ1) is 9.83. The minimum Gasteiger partial charge on any atom is -0.348 e. The number of hydrogen-bond donors (Lipinski definition) is 1. The smallest absolute Gasteiger partial charge is 0.270 e. The van der Waals surface area contributed by atoms with Gasteiger partial charge in [-0.3, -0.25) is 9.78 Å². The van der Waals surface area contributed by atoms with Crippen LogP contribution >= 0.6 is 11.3 Å². The van der Waals surface area contributed by atoms with Crippen LogP contribution in [-0.4, -0.2) is 26.9 Å². The van der Waals surface area contributed by atoms with Crippen molar-refractivity contribution in [3.63, 3.8) is 0 Å². The maximum absolute atomic E-state index is 12.2. The number of thiazole rings is 1. The van der Waals surface area contributed by atoms with Gasteiger partial charge in [0.1, 0.15) is 5.69 Å². The number of amides is 1. The molecule has 2 aromatic heterocycles. The molecule has 2 aromatic rings. The second kappa shape index (κ2) is 6.09. The van der Waals surface area contributed by atoms with Crippen LogP contribution in [0.1, 0.15) is 42.6 Å². The molecule has 6 heteroatoms. The van der Waals surface area contributed by atoms with Crippen LogP contribution in [0.4, 0.5) is 0 Å². The third-order valence-corrected chi connectivity index (χ3v) is 4.25. The Kier molecular flexibility index (Phi) is 4.01. The van der Waals surface area contributed by atoms with E-state index in [2.05, 4.69) is 20.3 Å². The molecule has 104 valence electrons. The van der Waals surface area contributed by atoms with Crippen LogP contribution < -0.4 is 5.32 Å². The molecule has 1 N–H and O–H groups in total. The van der Waals surface area contributed by atoms with E-state index in [0.29, 0.717) is 11.5 Å². The highest BCUT2D eigenvalue weighted by Gasteiger charge is 2.18. The largest absolute Gasteiger partial charge is 0.348 e. The van der Waals surface area contributed by atoms with Crippen LogP contribution in [0.3, 0.4) is 0 Å². The highest BCUT2D eigenvalue weighted by atomic mass is 32.1. The second-order valence-corrected chi connectivity index (χ2v) is 5.83. The molecule has 0 unspecified atom stereocenters. The first-order valence-electron chi connectivity index (χ1n) is 6.86. The molecule has 1 aliphatic rings. The zero-order chi connectivity index (χ0) is 13.8. The second-order valence-electron chi connectivity index (χ2n) is 4.94. The van der Waals surface area contributed by atoms with Gasteiger partial charge in [-0.2, -0.15) is 0 Å². The molecule has 3 rings (SSSR count). The Morgan fingerprint density at radius 2 is 2.15 bits per heavy atom. The summed E-state index contributed by atoms with van der Waals surface area (Å²) in [5, 5.41) is 3.07. The number of rotatable bonds is 3. The van der Waals surface area contributed by atoms with Gasteiger partial charge in [0.15, 0.2) is 5.82 Å². The summed E-state index contributed by atoms with van der Waals surface area (Å²) >= 11 is 1.46. The Morgan fingerprint density at radius 3 is 2.90 bits per heavy atom. The summed E-state index contributed by atoms with van der Waals surface area (Å²) in [6, 6.07) is 1.95. The van der Waals surface area contributed by atoms with Crippen molar-refractivity contribution >= 4 is 17.2 Å². The Morgan fingerprint density at radius 1 is 1.30 bits per heavy atom. The van der Waals surface area contributed by atoms with Gasteiger partial charge in [-0.25, -0.2) is 9.97 Å². The average molecular weight is 288 g/mol. The number of carbonyl (C=O) groups is 1. The quantitative estimate of drug-likeness (QED) is 0.942. The van der Waals surface area contributed by atoms with E-state index in [1.165, 1.54) is 30.6 Å². The predicted octanol–water partition coefficient (Wildman–Crippen LogP) is 2.66. The summed E-state index contributed by atoms with van der Waals surface area (Å²) in [6.07, 6.45) is 9.13. The molecule has 5 nitrogen and oxygen atoms in total. The molecule has 0 bridgehead atoms. The van der Waals surface area contributed by atoms with Crippen molar-refractivity contribution in [2.45, 2.75) is 38.1 Å². The van der Waals surface area contributed by atoms with Gasteiger partial charge >= 0.3 is 0 Å². The molecule has 1 saturated carbocycles. The molecule has 0 aromatic carbocycles. The van der Waals surface area contributed by atoms with Crippen LogP contribution in [0, 0.1) is 0 Å². The van der Waals surface area contributed by atoms with E-state index in [-0.39, 0.29) is 11.9 Å². The van der Waals surface area contributed by atoms with E-state index in [4.69, 9.17) is 0 Å². The van der Waals surface area contributed by atoms with Crippen molar-refractivity contribution in [2.24, 2.45) is 0 Å². The summed E-state index contributed by atoms with van der Waals surface area (Å²) in [7, 11) is 0. The van der Waals surface area contributed by atoms with Gasteiger partial charge < -0.3 is 5.32 Å². The fourth-order valence-electron chi connectivity index (χ4n) is 2.44. The Balaban J connectivity index is 1.73. The van der Waals surface area contributed by atoms with Crippen molar-refractivity contribution in [1.29, 1.82) is 0 Å². The molecule has 0 spiro atoms. The van der Waals surface area contributed by atoms with Crippen molar-refractivity contribution < 1.29 is 4.79 Å². The van der Waals surface area contributed by atoms with Crippen molar-refractivity contribution in [2.75, 3.05) is 0 Å². The highest BCUT2D eigenvalue weighted by Crippen LogP contribution is 2.20. The Labute approximate surface area is 121 Å². The standard InChI is InChI=1S/C14H16N4OS/c19-14(17-10-4-2-1-3-5-10)11-6-7-16-13(18-11)12-8-15-9-20-12/h6-10H,1-5H2,(H,17,19). The predicted molar refractivity (Wildman–Crippen MR) is 77.5 cm³/mol. The van der Waals surface area contributed by atoms with E-state index < -0.39 is 0 Å². The lowest BCUT2D eigenvalue weighted by molar-refractivity contribution is 0.0922. The minimum atomic E-state index is -0.106. The van der Waals surface area contributed by atoms with Crippen LogP contribution in [-0.2, 0) is 0 Å². The van der Waals surface area contributed by atoms with Crippen LogP contribution in [0.5, 0.6) is 0 Å². The van der Waals surface area contributed by atoms with E-state index >= 15 is 0 Å². The third-order valence-electron chi connectivity index (χ3n) is 3.48. The SMILES string of the molecule is O=C(NC1CCCCC1)c1ccnc(-c2cncs2)n1. The van der Waals surface area contributed by atoms with Gasteiger partial charge in [-0.05, 0) is 18.9 Å². The van der Waals surface area contributed by atoms with E-state index in [0.717, 1.165) is 17.7 Å². The van der Waals surface area contributed by atoms with E-state index in [1.54, 1.807) is 24.0 Å². The summed E-state index contributed by atoms with van der Waals surface area (Å²) in [4.78, 5) is 25.6. The summed E-state index contributed by atoms with van der Waals surface area (Å²) in [6.45, 7) is 0. The number of nitrogens with zero attached hydrogens (tertiary/aromatic N) is 3. The zero-order valence-electron chi connectivity index (χ0n) is 11.1. The molecule has 20 heavy (non-hydrogen) atoms. The average Bonchev–Trinajstić information content (AvgIpc) is 3.03. The fraction of sp³-hybridized carbons (Fsp3) is 0.429. The molecule has 1 aliphatic carbocycles. The minimum absolute atomic E-state index is 0.106. The van der Waals surface area contributed by atoms with Gasteiger partial charge in [0.2, 0.25) is 0 Å². The van der Waals surface area contributed by atoms with Gasteiger partial charge in [0.25, 0.3) is 5.91 Å². The lowest BCUT2D eigenvalue weighted by Crippen LogP contribution is -2.36. The molecule has 1 fully saturated rings. The molecule has 0 atom stereocenters. The molecule has 1 amide bonds. The van der Waals surface area contributed by atoms with Crippen LogP contribution in [0.15, 0.2) is 24.0 Å². The van der Waals surface area contributed by atoms with Gasteiger partial charge in [0.05, 0.1) is 10.4 Å². The maximum atomic E-state index is 12.2. The number of hydrogen-bond acceptors (Lipinski definition) is 5. The van der Waals surface area contributed by atoms with Gasteiger partial charge in [-0.15, -0.1) is 11.3 Å². The lowest BCUT2D eigenvalue weighted by Gasteiger charge is -2.22. The van der Waals surface area contributed by atoms with Crippen LogP contribution in [0.2, 0.25) is 0 Å². The van der Waals surface area contributed by atoms with Crippen molar-refractivity contribution in [3.05, 3.63) is 29.7 Å². The first-order valence-corrected chi connectivity index (χ1v) is 7.73. The molecule has 2 heterocycles. The van der Waals surface area contributed by atoms with E-state index in [1.807, 2.05) is 0 Å². The fourth-order valence-corrected chi connectivity index (χ4v) is 3.00. The Bertz CT molecular complexity index is 579. The number of aromatic nitrogens is 3.